The van der Waals surface area contributed by atoms with Crippen molar-refractivity contribution in [2.45, 2.75) is 25.1 Å². The lowest BCUT2D eigenvalue weighted by molar-refractivity contribution is -0.137. The van der Waals surface area contributed by atoms with Crippen LogP contribution in [0.1, 0.15) is 35.6 Å². The molecule has 0 saturated carbocycles. The van der Waals surface area contributed by atoms with Crippen molar-refractivity contribution in [3.8, 4) is 6.07 Å². The van der Waals surface area contributed by atoms with Gasteiger partial charge in [0.25, 0.3) is 0 Å². The Kier molecular flexibility index (Phi) is 7.22. The molecule has 2 aromatic rings. The van der Waals surface area contributed by atoms with Crippen LogP contribution in [0, 0.1) is 17.1 Å². The van der Waals surface area contributed by atoms with Crippen LogP contribution in [-0.2, 0) is 20.8 Å². The van der Waals surface area contributed by atoms with E-state index in [-0.39, 0.29) is 40.9 Å². The Morgan fingerprint density at radius 1 is 1.15 bits per heavy atom. The van der Waals surface area contributed by atoms with Gasteiger partial charge in [0.2, 0.25) is 0 Å². The summed E-state index contributed by atoms with van der Waals surface area (Å²) in [6.07, 6.45) is -4.04. The molecule has 1 heterocycles. The molecule has 14 heteroatoms. The predicted octanol–water partition coefficient (Wildman–Crippen LogP) is 4.07. The molecule has 9 nitrogen and oxygen atoms in total. The highest BCUT2D eigenvalue weighted by atomic mass is 32.2. The van der Waals surface area contributed by atoms with Crippen LogP contribution < -0.4 is 10.2 Å². The van der Waals surface area contributed by atoms with Crippen molar-refractivity contribution in [1.29, 1.82) is 5.26 Å². The van der Waals surface area contributed by atoms with Gasteiger partial charge in [0.05, 0.1) is 28.6 Å². The lowest BCUT2D eigenvalue weighted by Crippen LogP contribution is -2.55. The van der Waals surface area contributed by atoms with Crippen molar-refractivity contribution in [3.05, 3.63) is 76.2 Å². The van der Waals surface area contributed by atoms with Crippen LogP contribution in [0.2, 0.25) is 0 Å². The highest BCUT2D eigenvalue weighted by Gasteiger charge is 2.49. The first-order valence-corrected chi connectivity index (χ1v) is 13.5. The van der Waals surface area contributed by atoms with Gasteiger partial charge < -0.3 is 5.32 Å². The minimum absolute atomic E-state index is 0.0123. The molecule has 1 atom stereocenters. The number of carbonyl (C=O) groups is 3. The number of hydrogen-bond donors (Lipinski definition) is 1. The number of hydrogen-bond acceptors (Lipinski definition) is 6. The molecule has 0 radical (unpaired) electrons. The number of nitrogens with one attached hydrogen (secondary N) is 1. The fourth-order valence-corrected chi connectivity index (χ4v) is 4.97. The van der Waals surface area contributed by atoms with Gasteiger partial charge in [-0.1, -0.05) is 12.1 Å². The number of urea groups is 2. The molecule has 0 bridgehead atoms. The minimum Gasteiger partial charge on any atom is -0.337 e. The first kappa shape index (κ1) is 27.8. The molecule has 204 valence electrons. The fourth-order valence-electron chi connectivity index (χ4n) is 4.50. The largest absolute Gasteiger partial charge is 0.416 e. The van der Waals surface area contributed by atoms with Crippen LogP contribution in [0.4, 0.5) is 32.8 Å². The number of alkyl halides is 3. The van der Waals surface area contributed by atoms with Gasteiger partial charge in [0, 0.05) is 36.1 Å². The Morgan fingerprint density at radius 3 is 2.49 bits per heavy atom. The number of halogens is 4. The van der Waals surface area contributed by atoms with Gasteiger partial charge in [-0.05, 0) is 36.8 Å². The Hall–Kier alpha value is -4.25. The second kappa shape index (κ2) is 10.1. The van der Waals surface area contributed by atoms with Crippen LogP contribution in [0.5, 0.6) is 0 Å². The Balaban J connectivity index is 1.90. The van der Waals surface area contributed by atoms with Crippen molar-refractivity contribution < 1.29 is 40.4 Å². The van der Waals surface area contributed by atoms with Gasteiger partial charge in [0.15, 0.2) is 5.78 Å². The standard InChI is InChI=1S/C25H20F4N4O5S/c1-39(37,38)10-9-31-23(35)33-22(17-6-5-14(13-30)11-18(17)26)21-19(7-8-20(21)34)32(24(33)36)16-4-2-3-15(12-16)25(27,28)29/h2-6,11-12,22H,7-10H2,1H3,(H,31,35). The zero-order chi connectivity index (χ0) is 28.7. The summed E-state index contributed by atoms with van der Waals surface area (Å²) in [5.74, 6) is -2.06. The highest BCUT2D eigenvalue weighted by Crippen LogP contribution is 2.46. The normalized spacial score (nSPS) is 17.8. The van der Waals surface area contributed by atoms with E-state index in [0.29, 0.717) is 11.0 Å². The number of Topliss-reactive ketones (excluding diaryl/α,β-unsaturated/α-hetero) is 1. The summed E-state index contributed by atoms with van der Waals surface area (Å²) in [5, 5.41) is 11.4. The molecule has 1 N–H and O–H groups in total. The summed E-state index contributed by atoms with van der Waals surface area (Å²) < 4.78 is 78.6. The number of sulfone groups is 1. The molecular formula is C25H20F4N4O5S. The van der Waals surface area contributed by atoms with Crippen molar-refractivity contribution in [3.63, 3.8) is 0 Å². The second-order valence-corrected chi connectivity index (χ2v) is 11.2. The average molecular weight is 565 g/mol. The van der Waals surface area contributed by atoms with Crippen LogP contribution in [0.15, 0.2) is 53.7 Å². The molecule has 1 unspecified atom stereocenters. The Morgan fingerprint density at radius 2 is 1.87 bits per heavy atom. The summed E-state index contributed by atoms with van der Waals surface area (Å²) in [6, 6.07) is 4.72. The fraction of sp³-hybridized carbons (Fsp3) is 0.280. The molecule has 1 aliphatic carbocycles. The molecule has 2 aliphatic rings. The number of rotatable bonds is 5. The maximum atomic E-state index is 15.2. The maximum Gasteiger partial charge on any atom is 0.416 e. The van der Waals surface area contributed by atoms with Crippen molar-refractivity contribution >= 4 is 33.4 Å². The quantitative estimate of drug-likeness (QED) is 0.546. The van der Waals surface area contributed by atoms with Gasteiger partial charge in [0.1, 0.15) is 21.7 Å². The molecule has 4 amide bonds. The van der Waals surface area contributed by atoms with E-state index in [1.165, 1.54) is 12.1 Å². The molecule has 2 aromatic carbocycles. The van der Waals surface area contributed by atoms with Crippen molar-refractivity contribution in [2.24, 2.45) is 0 Å². The summed E-state index contributed by atoms with van der Waals surface area (Å²) in [6.45, 7) is -0.437. The van der Waals surface area contributed by atoms with E-state index in [0.717, 1.165) is 35.4 Å². The zero-order valence-electron chi connectivity index (χ0n) is 20.3. The summed E-state index contributed by atoms with van der Waals surface area (Å²) in [7, 11) is -3.53. The number of anilines is 1. The average Bonchev–Trinajstić information content (AvgIpc) is 3.22. The summed E-state index contributed by atoms with van der Waals surface area (Å²) >= 11 is 0. The number of carbonyl (C=O) groups excluding carboxylic acids is 3. The van der Waals surface area contributed by atoms with E-state index in [4.69, 9.17) is 5.26 Å². The van der Waals surface area contributed by atoms with E-state index in [1.54, 1.807) is 6.07 Å². The van der Waals surface area contributed by atoms with Crippen LogP contribution in [0.25, 0.3) is 0 Å². The van der Waals surface area contributed by atoms with Gasteiger partial charge >= 0.3 is 18.2 Å². The SMILES string of the molecule is CS(=O)(=O)CCNC(=O)N1C(=O)N(c2cccc(C(F)(F)F)c2)C2=C(C(=O)CC2)C1c1ccc(C#N)cc1F. The topological polar surface area (TPSA) is 128 Å². The molecule has 1 aliphatic heterocycles. The van der Waals surface area contributed by atoms with E-state index in [9.17, 15) is 36.0 Å². The third-order valence-electron chi connectivity index (χ3n) is 6.22. The highest BCUT2D eigenvalue weighted by molar-refractivity contribution is 7.90. The number of benzene rings is 2. The van der Waals surface area contributed by atoms with Gasteiger partial charge in [-0.15, -0.1) is 0 Å². The van der Waals surface area contributed by atoms with Crippen LogP contribution in [-0.4, -0.2) is 49.7 Å². The number of nitriles is 1. The van der Waals surface area contributed by atoms with E-state index in [1.807, 2.05) is 0 Å². The van der Waals surface area contributed by atoms with Crippen LogP contribution >= 0.6 is 0 Å². The lowest BCUT2D eigenvalue weighted by Gasteiger charge is -2.41. The number of ketones is 1. The lowest BCUT2D eigenvalue weighted by atomic mass is 9.92. The third-order valence-corrected chi connectivity index (χ3v) is 7.17. The van der Waals surface area contributed by atoms with Crippen molar-refractivity contribution in [1.82, 2.24) is 10.2 Å². The first-order chi connectivity index (χ1) is 18.2. The minimum atomic E-state index is -4.76. The molecule has 0 aromatic heterocycles. The van der Waals surface area contributed by atoms with Gasteiger partial charge in [-0.2, -0.15) is 18.4 Å². The Bertz CT molecular complexity index is 1560. The monoisotopic (exact) mass is 564 g/mol. The Labute approximate surface area is 220 Å². The molecule has 4 rings (SSSR count). The maximum absolute atomic E-state index is 15.2. The van der Waals surface area contributed by atoms with Gasteiger partial charge in [-0.25, -0.2) is 27.3 Å². The molecule has 0 fully saturated rings. The van der Waals surface area contributed by atoms with E-state index in [2.05, 4.69) is 5.32 Å². The zero-order valence-corrected chi connectivity index (χ0v) is 21.1. The molecule has 0 saturated heterocycles. The predicted molar refractivity (Wildman–Crippen MR) is 129 cm³/mol. The first-order valence-electron chi connectivity index (χ1n) is 11.4. The molecule has 0 spiro atoms. The summed E-state index contributed by atoms with van der Waals surface area (Å²) in [4.78, 5) is 41.5. The van der Waals surface area contributed by atoms with E-state index >= 15 is 4.39 Å². The molecule has 39 heavy (non-hydrogen) atoms. The van der Waals surface area contributed by atoms with Crippen molar-refractivity contribution in [2.75, 3.05) is 23.5 Å². The summed E-state index contributed by atoms with van der Waals surface area (Å²) in [5.41, 5.74) is -1.88. The van der Waals surface area contributed by atoms with Crippen LogP contribution in [0.3, 0.4) is 0 Å². The van der Waals surface area contributed by atoms with Gasteiger partial charge in [-0.3, -0.25) is 9.69 Å². The number of allylic oxidation sites excluding steroid dienone is 1. The molecular weight excluding hydrogens is 544 g/mol. The number of imide groups is 1. The number of amides is 4. The number of nitrogens with zero attached hydrogens (tertiary/aromatic N) is 3. The second-order valence-electron chi connectivity index (χ2n) is 8.93. The van der Waals surface area contributed by atoms with E-state index < -0.39 is 63.6 Å². The third kappa shape index (κ3) is 5.49. The smallest absolute Gasteiger partial charge is 0.337 e.